The molecular formula is C8H11NOS. The second-order valence-corrected chi connectivity index (χ2v) is 3.69. The van der Waals surface area contributed by atoms with Crippen LogP contribution >= 0.6 is 11.3 Å². The molecule has 60 valence electrons. The largest absolute Gasteiger partial charge is 0.473 e. The van der Waals surface area contributed by atoms with Crippen molar-refractivity contribution in [2.24, 2.45) is 0 Å². The van der Waals surface area contributed by atoms with Crippen LogP contribution in [0.3, 0.4) is 0 Å². The monoisotopic (exact) mass is 169 g/mol. The Kier molecular flexibility index (Phi) is 1.82. The first kappa shape index (κ1) is 7.10. The van der Waals surface area contributed by atoms with Crippen molar-refractivity contribution >= 4 is 11.3 Å². The zero-order valence-corrected chi connectivity index (χ0v) is 7.36. The van der Waals surface area contributed by atoms with Crippen LogP contribution < -0.4 is 4.74 Å². The molecule has 2 nitrogen and oxygen atoms in total. The Hall–Kier alpha value is -0.570. The summed E-state index contributed by atoms with van der Waals surface area (Å²) < 4.78 is 5.02. The number of thiazole rings is 1. The SMILES string of the molecule is COc1nc(C2CCC2)cs1. The molecule has 1 aliphatic rings. The van der Waals surface area contributed by atoms with Gasteiger partial charge in [0.25, 0.3) is 5.19 Å². The molecule has 0 N–H and O–H groups in total. The van der Waals surface area contributed by atoms with Gasteiger partial charge in [-0.05, 0) is 12.8 Å². The molecule has 3 heteroatoms. The quantitative estimate of drug-likeness (QED) is 0.678. The maximum Gasteiger partial charge on any atom is 0.273 e. The zero-order valence-electron chi connectivity index (χ0n) is 6.54. The third kappa shape index (κ3) is 1.25. The minimum Gasteiger partial charge on any atom is -0.473 e. The van der Waals surface area contributed by atoms with Crippen molar-refractivity contribution in [2.75, 3.05) is 7.11 Å². The van der Waals surface area contributed by atoms with Crippen LogP contribution in [0.15, 0.2) is 5.38 Å². The summed E-state index contributed by atoms with van der Waals surface area (Å²) >= 11 is 1.59. The summed E-state index contributed by atoms with van der Waals surface area (Å²) in [5.74, 6) is 0.732. The second-order valence-electron chi connectivity index (χ2n) is 2.87. The Labute approximate surface area is 70.2 Å². The molecular weight excluding hydrogens is 158 g/mol. The summed E-state index contributed by atoms with van der Waals surface area (Å²) in [5, 5.41) is 2.91. The fraction of sp³-hybridized carbons (Fsp3) is 0.625. The lowest BCUT2D eigenvalue weighted by atomic mass is 9.83. The predicted octanol–water partition coefficient (Wildman–Crippen LogP) is 2.42. The highest BCUT2D eigenvalue weighted by atomic mass is 32.1. The zero-order chi connectivity index (χ0) is 7.68. The fourth-order valence-electron chi connectivity index (χ4n) is 1.25. The van der Waals surface area contributed by atoms with E-state index in [-0.39, 0.29) is 0 Å². The molecule has 1 saturated carbocycles. The third-order valence-corrected chi connectivity index (χ3v) is 3.02. The topological polar surface area (TPSA) is 22.1 Å². The van der Waals surface area contributed by atoms with Gasteiger partial charge in [0, 0.05) is 11.3 Å². The van der Waals surface area contributed by atoms with Crippen LogP contribution in [-0.4, -0.2) is 12.1 Å². The van der Waals surface area contributed by atoms with Crippen LogP contribution in [0.25, 0.3) is 0 Å². The Bertz CT molecular complexity index is 242. The summed E-state index contributed by atoms with van der Waals surface area (Å²) in [4.78, 5) is 4.35. The molecule has 0 atom stereocenters. The van der Waals surface area contributed by atoms with Gasteiger partial charge in [-0.2, -0.15) is 0 Å². The molecule has 0 bridgehead atoms. The molecule has 1 aromatic rings. The van der Waals surface area contributed by atoms with E-state index in [1.54, 1.807) is 18.4 Å². The van der Waals surface area contributed by atoms with E-state index in [0.29, 0.717) is 0 Å². The van der Waals surface area contributed by atoms with E-state index in [9.17, 15) is 0 Å². The van der Waals surface area contributed by atoms with Crippen molar-refractivity contribution in [1.29, 1.82) is 0 Å². The Morgan fingerprint density at radius 2 is 2.45 bits per heavy atom. The molecule has 0 spiro atoms. The van der Waals surface area contributed by atoms with Crippen LogP contribution in [-0.2, 0) is 0 Å². The average molecular weight is 169 g/mol. The van der Waals surface area contributed by atoms with Crippen LogP contribution in [0.4, 0.5) is 0 Å². The summed E-state index contributed by atoms with van der Waals surface area (Å²) in [5.41, 5.74) is 1.23. The van der Waals surface area contributed by atoms with Gasteiger partial charge in [0.05, 0.1) is 12.8 Å². The van der Waals surface area contributed by atoms with Crippen molar-refractivity contribution in [3.63, 3.8) is 0 Å². The highest BCUT2D eigenvalue weighted by Crippen LogP contribution is 2.37. The minimum atomic E-state index is 0.732. The molecule has 0 unspecified atom stereocenters. The van der Waals surface area contributed by atoms with Crippen molar-refractivity contribution in [3.05, 3.63) is 11.1 Å². The van der Waals surface area contributed by atoms with Gasteiger partial charge in [-0.3, -0.25) is 0 Å². The van der Waals surface area contributed by atoms with Crippen LogP contribution in [0, 0.1) is 0 Å². The molecule has 2 rings (SSSR count). The number of hydrogen-bond donors (Lipinski definition) is 0. The van der Waals surface area contributed by atoms with Crippen LogP contribution in [0.2, 0.25) is 0 Å². The first-order valence-corrected chi connectivity index (χ1v) is 4.77. The standard InChI is InChI=1S/C8H11NOS/c1-10-8-9-7(5-11-8)6-3-2-4-6/h5-6H,2-4H2,1H3. The number of nitrogens with zero attached hydrogens (tertiary/aromatic N) is 1. The average Bonchev–Trinajstić information content (AvgIpc) is 2.32. The van der Waals surface area contributed by atoms with Gasteiger partial charge in [-0.15, -0.1) is 0 Å². The predicted molar refractivity (Wildman–Crippen MR) is 45.3 cm³/mol. The van der Waals surface area contributed by atoms with E-state index in [1.807, 2.05) is 0 Å². The number of aromatic nitrogens is 1. The molecule has 0 aliphatic heterocycles. The number of hydrogen-bond acceptors (Lipinski definition) is 3. The lowest BCUT2D eigenvalue weighted by Crippen LogP contribution is -2.08. The van der Waals surface area contributed by atoms with Crippen molar-refractivity contribution in [2.45, 2.75) is 25.2 Å². The lowest BCUT2D eigenvalue weighted by Gasteiger charge is -2.22. The Balaban J connectivity index is 2.11. The molecule has 1 fully saturated rings. The first-order chi connectivity index (χ1) is 5.40. The van der Waals surface area contributed by atoms with E-state index in [4.69, 9.17) is 4.74 Å². The van der Waals surface area contributed by atoms with E-state index in [0.717, 1.165) is 11.1 Å². The van der Waals surface area contributed by atoms with Gasteiger partial charge in [0.15, 0.2) is 0 Å². The molecule has 0 saturated heterocycles. The van der Waals surface area contributed by atoms with E-state index >= 15 is 0 Å². The van der Waals surface area contributed by atoms with Crippen molar-refractivity contribution in [3.8, 4) is 5.19 Å². The van der Waals surface area contributed by atoms with E-state index in [1.165, 1.54) is 25.0 Å². The number of methoxy groups -OCH3 is 1. The molecule has 1 aromatic heterocycles. The van der Waals surface area contributed by atoms with Crippen LogP contribution in [0.1, 0.15) is 30.9 Å². The maximum absolute atomic E-state index is 5.02. The molecule has 11 heavy (non-hydrogen) atoms. The van der Waals surface area contributed by atoms with Crippen LogP contribution in [0.5, 0.6) is 5.19 Å². The Morgan fingerprint density at radius 1 is 1.64 bits per heavy atom. The first-order valence-electron chi connectivity index (χ1n) is 3.89. The second kappa shape index (κ2) is 2.81. The maximum atomic E-state index is 5.02. The van der Waals surface area contributed by atoms with Gasteiger partial charge >= 0.3 is 0 Å². The van der Waals surface area contributed by atoms with E-state index in [2.05, 4.69) is 10.4 Å². The molecule has 0 aromatic carbocycles. The Morgan fingerprint density at radius 3 is 2.91 bits per heavy atom. The number of rotatable bonds is 2. The van der Waals surface area contributed by atoms with Gasteiger partial charge in [0.2, 0.25) is 0 Å². The normalized spacial score (nSPS) is 17.9. The van der Waals surface area contributed by atoms with Gasteiger partial charge in [-0.1, -0.05) is 17.8 Å². The highest BCUT2D eigenvalue weighted by Gasteiger charge is 2.21. The molecule has 1 heterocycles. The van der Waals surface area contributed by atoms with Gasteiger partial charge < -0.3 is 4.74 Å². The van der Waals surface area contributed by atoms with Gasteiger partial charge in [0.1, 0.15) is 0 Å². The van der Waals surface area contributed by atoms with Crippen molar-refractivity contribution < 1.29 is 4.74 Å². The van der Waals surface area contributed by atoms with Crippen molar-refractivity contribution in [1.82, 2.24) is 4.98 Å². The molecule has 0 amide bonds. The highest BCUT2D eigenvalue weighted by molar-refractivity contribution is 7.11. The molecule has 1 aliphatic carbocycles. The van der Waals surface area contributed by atoms with E-state index < -0.39 is 0 Å². The summed E-state index contributed by atoms with van der Waals surface area (Å²) in [6.45, 7) is 0. The summed E-state index contributed by atoms with van der Waals surface area (Å²) in [6, 6.07) is 0. The van der Waals surface area contributed by atoms with Gasteiger partial charge in [-0.25, -0.2) is 4.98 Å². The smallest absolute Gasteiger partial charge is 0.273 e. The third-order valence-electron chi connectivity index (χ3n) is 2.20. The fourth-order valence-corrected chi connectivity index (χ4v) is 1.98. The summed E-state index contributed by atoms with van der Waals surface area (Å²) in [7, 11) is 1.67. The number of ether oxygens (including phenoxy) is 1. The lowest BCUT2D eigenvalue weighted by molar-refractivity contribution is 0.391. The molecule has 0 radical (unpaired) electrons. The summed E-state index contributed by atoms with van der Waals surface area (Å²) in [6.07, 6.45) is 3.99. The minimum absolute atomic E-state index is 0.732.